The number of aliphatic carboxylic acids is 1. The van der Waals surface area contributed by atoms with Crippen LogP contribution in [-0.2, 0) is 43.2 Å². The minimum Gasteiger partial charge on any atom is -0.480 e. The standard InChI is InChI=1S/C32H58N10O12/c1-15(2)11-19(28(49)41-22(14-44)30(51)42-21(13-43)29(50)40-20(32(53)54)12-24(35)46)39-27(48)18(8-9-23(34)45)37-26(47)17(7-5-6-10-33)38-31(52)25(36)16(3)4/h15-22,25,43-44H,5-14,33,36H2,1-4H3,(H2,34,45)(H2,35,46)(H,37,47)(H,38,52)(H,39,48)(H,40,50)(H,41,49)(H,42,51)(H,53,54)/t17-,18-,19-,20-,21-,22-,25-/m0/s1. The average molecular weight is 775 g/mol. The van der Waals surface area contributed by atoms with Crippen molar-refractivity contribution in [1.82, 2.24) is 31.9 Å². The lowest BCUT2D eigenvalue weighted by atomic mass is 10.0. The quantitative estimate of drug-likeness (QED) is 0.0346. The molecule has 0 aliphatic rings. The van der Waals surface area contributed by atoms with Crippen LogP contribution in [0, 0.1) is 11.8 Å². The summed E-state index contributed by atoms with van der Waals surface area (Å²) in [6, 6.07) is -10.2. The number of aliphatic hydroxyl groups is 2. The van der Waals surface area contributed by atoms with Crippen molar-refractivity contribution in [2.24, 2.45) is 34.8 Å². The molecule has 0 saturated carbocycles. The molecule has 0 heterocycles. The number of carboxylic acid groups (broad SMARTS) is 1. The minimum absolute atomic E-state index is 0.0310. The molecule has 22 nitrogen and oxygen atoms in total. The number of primary amides is 2. The number of unbranched alkanes of at least 4 members (excludes halogenated alkanes) is 1. The maximum Gasteiger partial charge on any atom is 0.326 e. The van der Waals surface area contributed by atoms with Gasteiger partial charge in [-0.2, -0.15) is 0 Å². The Bertz CT molecular complexity index is 1310. The summed E-state index contributed by atoms with van der Waals surface area (Å²) in [5.41, 5.74) is 21.8. The summed E-state index contributed by atoms with van der Waals surface area (Å²) in [7, 11) is 0. The Morgan fingerprint density at radius 1 is 0.556 bits per heavy atom. The van der Waals surface area contributed by atoms with Gasteiger partial charge in [-0.1, -0.05) is 27.7 Å². The monoisotopic (exact) mass is 774 g/mol. The number of amides is 8. The molecule has 0 aromatic rings. The fourth-order valence-electron chi connectivity index (χ4n) is 4.74. The van der Waals surface area contributed by atoms with Crippen LogP contribution in [0.5, 0.6) is 0 Å². The van der Waals surface area contributed by atoms with E-state index in [2.05, 4.69) is 26.6 Å². The summed E-state index contributed by atoms with van der Waals surface area (Å²) in [5, 5.41) is 42.6. The highest BCUT2D eigenvalue weighted by Gasteiger charge is 2.34. The van der Waals surface area contributed by atoms with Gasteiger partial charge in [0, 0.05) is 6.42 Å². The Labute approximate surface area is 313 Å². The van der Waals surface area contributed by atoms with Crippen LogP contribution < -0.4 is 54.8 Å². The van der Waals surface area contributed by atoms with E-state index in [0.717, 1.165) is 0 Å². The molecule has 0 fully saturated rings. The van der Waals surface area contributed by atoms with Crippen LogP contribution in [0.2, 0.25) is 0 Å². The zero-order valence-electron chi connectivity index (χ0n) is 31.1. The molecule has 7 atom stereocenters. The first-order valence-electron chi connectivity index (χ1n) is 17.5. The van der Waals surface area contributed by atoms with Gasteiger partial charge in [0.1, 0.15) is 36.3 Å². The van der Waals surface area contributed by atoms with E-state index in [-0.39, 0.29) is 37.5 Å². The molecule has 0 aliphatic heterocycles. The number of nitrogens with two attached hydrogens (primary N) is 4. The number of carboxylic acids is 1. The molecule has 22 heteroatoms. The van der Waals surface area contributed by atoms with Crippen LogP contribution in [0.4, 0.5) is 0 Å². The van der Waals surface area contributed by atoms with Crippen molar-refractivity contribution in [2.45, 2.75) is 115 Å². The molecule has 0 aromatic carbocycles. The van der Waals surface area contributed by atoms with Gasteiger partial charge >= 0.3 is 5.97 Å². The van der Waals surface area contributed by atoms with Gasteiger partial charge in [-0.05, 0) is 50.5 Å². The van der Waals surface area contributed by atoms with Gasteiger partial charge in [0.05, 0.1) is 25.7 Å². The van der Waals surface area contributed by atoms with E-state index in [1.807, 2.05) is 5.32 Å². The Morgan fingerprint density at radius 2 is 0.963 bits per heavy atom. The van der Waals surface area contributed by atoms with Gasteiger partial charge in [0.15, 0.2) is 0 Å². The van der Waals surface area contributed by atoms with Crippen LogP contribution in [0.1, 0.15) is 72.6 Å². The first-order valence-corrected chi connectivity index (χ1v) is 17.5. The summed E-state index contributed by atoms with van der Waals surface area (Å²) >= 11 is 0. The van der Waals surface area contributed by atoms with Crippen molar-refractivity contribution in [1.29, 1.82) is 0 Å². The van der Waals surface area contributed by atoms with E-state index in [9.17, 15) is 58.5 Å². The number of nitrogens with one attached hydrogen (secondary N) is 6. The van der Waals surface area contributed by atoms with Gasteiger partial charge < -0.3 is 70.2 Å². The van der Waals surface area contributed by atoms with Crippen LogP contribution >= 0.6 is 0 Å². The SMILES string of the molecule is CC(C)C[C@H](NC(=O)[C@H](CCC(N)=O)NC(=O)[C@H](CCCCN)NC(=O)[C@@H](N)C(C)C)C(=O)N[C@@H](CO)C(=O)N[C@@H](CO)C(=O)N[C@@H](CC(N)=O)C(=O)O. The van der Waals surface area contributed by atoms with Crippen LogP contribution in [0.3, 0.4) is 0 Å². The molecular formula is C32H58N10O12. The Hall–Kier alpha value is -4.93. The van der Waals surface area contributed by atoms with E-state index in [0.29, 0.717) is 19.4 Å². The number of aliphatic hydroxyl groups excluding tert-OH is 2. The lowest BCUT2D eigenvalue weighted by Crippen LogP contribution is -2.61. The third-order valence-corrected chi connectivity index (χ3v) is 7.90. The number of hydrogen-bond acceptors (Lipinski definition) is 13. The van der Waals surface area contributed by atoms with Gasteiger partial charge in [-0.3, -0.25) is 38.4 Å². The number of hydrogen-bond donors (Lipinski definition) is 13. The molecule has 0 rings (SSSR count). The molecule has 0 radical (unpaired) electrons. The van der Waals surface area contributed by atoms with Gasteiger partial charge in [-0.15, -0.1) is 0 Å². The first-order chi connectivity index (χ1) is 25.2. The van der Waals surface area contributed by atoms with Crippen molar-refractivity contribution in [3.8, 4) is 0 Å². The second-order valence-electron chi connectivity index (χ2n) is 13.4. The maximum absolute atomic E-state index is 13.6. The highest BCUT2D eigenvalue weighted by Crippen LogP contribution is 2.10. The fraction of sp³-hybridized carbons (Fsp3) is 0.719. The van der Waals surface area contributed by atoms with Crippen molar-refractivity contribution >= 4 is 53.2 Å². The number of rotatable bonds is 27. The number of carbonyl (C=O) groups excluding carboxylic acids is 8. The second kappa shape index (κ2) is 25.2. The highest BCUT2D eigenvalue weighted by molar-refractivity contribution is 5.97. The molecule has 0 aromatic heterocycles. The Balaban J connectivity index is 6.10. The predicted octanol–water partition coefficient (Wildman–Crippen LogP) is -5.74. The molecule has 8 amide bonds. The smallest absolute Gasteiger partial charge is 0.326 e. The van der Waals surface area contributed by atoms with Crippen molar-refractivity contribution in [2.75, 3.05) is 19.8 Å². The molecule has 17 N–H and O–H groups in total. The van der Waals surface area contributed by atoms with Gasteiger partial charge in [0.2, 0.25) is 47.3 Å². The second-order valence-corrected chi connectivity index (χ2v) is 13.4. The largest absolute Gasteiger partial charge is 0.480 e. The fourth-order valence-corrected chi connectivity index (χ4v) is 4.74. The summed E-state index contributed by atoms with van der Waals surface area (Å²) < 4.78 is 0. The molecule has 0 unspecified atom stereocenters. The molecule has 308 valence electrons. The lowest BCUT2D eigenvalue weighted by Gasteiger charge is -2.27. The zero-order chi connectivity index (χ0) is 41.7. The Morgan fingerprint density at radius 3 is 1.37 bits per heavy atom. The van der Waals surface area contributed by atoms with Gasteiger partial charge in [-0.25, -0.2) is 4.79 Å². The highest BCUT2D eigenvalue weighted by atomic mass is 16.4. The lowest BCUT2D eigenvalue weighted by molar-refractivity contribution is -0.144. The summed E-state index contributed by atoms with van der Waals surface area (Å²) in [6.45, 7) is 5.08. The van der Waals surface area contributed by atoms with Crippen LogP contribution in [0.25, 0.3) is 0 Å². The molecule has 0 spiro atoms. The molecule has 0 saturated heterocycles. The minimum atomic E-state index is -1.79. The Kier molecular flexibility index (Phi) is 22.9. The summed E-state index contributed by atoms with van der Waals surface area (Å²) in [4.78, 5) is 113. The van der Waals surface area contributed by atoms with E-state index >= 15 is 0 Å². The molecular weight excluding hydrogens is 716 g/mol. The third kappa shape index (κ3) is 18.7. The van der Waals surface area contributed by atoms with E-state index in [1.165, 1.54) is 0 Å². The van der Waals surface area contributed by atoms with E-state index < -0.39 is 115 Å². The predicted molar refractivity (Wildman–Crippen MR) is 191 cm³/mol. The number of carbonyl (C=O) groups is 9. The van der Waals surface area contributed by atoms with Crippen molar-refractivity contribution in [3.05, 3.63) is 0 Å². The molecule has 54 heavy (non-hydrogen) atoms. The van der Waals surface area contributed by atoms with E-state index in [1.54, 1.807) is 27.7 Å². The summed E-state index contributed by atoms with van der Waals surface area (Å²) in [5.74, 6) is -9.71. The summed E-state index contributed by atoms with van der Waals surface area (Å²) in [6.07, 6.45) is -0.387. The van der Waals surface area contributed by atoms with E-state index in [4.69, 9.17) is 22.9 Å². The average Bonchev–Trinajstić information content (AvgIpc) is 3.08. The molecule has 0 bridgehead atoms. The van der Waals surface area contributed by atoms with Crippen molar-refractivity contribution in [3.63, 3.8) is 0 Å². The molecule has 0 aliphatic carbocycles. The third-order valence-electron chi connectivity index (χ3n) is 7.90. The first kappa shape index (κ1) is 49.1. The van der Waals surface area contributed by atoms with Crippen molar-refractivity contribution < 1.29 is 58.5 Å². The maximum atomic E-state index is 13.6. The topological polar surface area (TPSA) is 391 Å². The van der Waals surface area contributed by atoms with Crippen LogP contribution in [0.15, 0.2) is 0 Å². The normalized spacial score (nSPS) is 15.0. The van der Waals surface area contributed by atoms with Gasteiger partial charge in [0.25, 0.3) is 0 Å². The zero-order valence-corrected chi connectivity index (χ0v) is 31.1. The van der Waals surface area contributed by atoms with Crippen LogP contribution in [-0.4, -0.2) is 131 Å².